The molecule has 0 saturated heterocycles. The van der Waals surface area contributed by atoms with Crippen molar-refractivity contribution in [2.75, 3.05) is 37.9 Å². The van der Waals surface area contributed by atoms with Gasteiger partial charge >= 0.3 is 11.9 Å². The zero-order chi connectivity index (χ0) is 45.5. The molecule has 2 unspecified atom stereocenters. The fourth-order valence-electron chi connectivity index (χ4n) is 7.14. The van der Waals surface area contributed by atoms with Gasteiger partial charge in [0, 0.05) is 41.8 Å². The van der Waals surface area contributed by atoms with Crippen LogP contribution < -0.4 is 20.9 Å². The molecule has 0 radical (unpaired) electrons. The van der Waals surface area contributed by atoms with Crippen molar-refractivity contribution in [3.8, 4) is 11.5 Å². The van der Waals surface area contributed by atoms with E-state index in [9.17, 15) is 29.4 Å². The molecule has 0 fully saturated rings. The van der Waals surface area contributed by atoms with Crippen molar-refractivity contribution < 1.29 is 48.3 Å². The summed E-state index contributed by atoms with van der Waals surface area (Å²) in [4.78, 5) is 51.1. The lowest BCUT2D eigenvalue weighted by Gasteiger charge is -2.41. The standard InChI is InChI=1S/C51H62N2O10/c1-3-60-47(56)31-21-37-17-27-43(28-18-37)62-33-9-5-7-11-45(54)49(58)51(35-39-13-23-41(52)24-14-39,36-40-15-25-42(53)26-16-40)50(59)46(55)12-8-6-10-34-63-44-29-19-38(20-30-44)22-32-48(57)61-4-2/h13-32,49-50,58-59H,3-12,33-36,52-53H2,1-2H3/b31-21+,32-22+. The van der Waals surface area contributed by atoms with Gasteiger partial charge in [-0.15, -0.1) is 0 Å². The molecule has 336 valence electrons. The summed E-state index contributed by atoms with van der Waals surface area (Å²) in [5.41, 5.74) is 14.5. The Kier molecular flexibility index (Phi) is 20.6. The molecule has 0 aliphatic carbocycles. The fourth-order valence-corrected chi connectivity index (χ4v) is 7.14. The third-order valence-corrected chi connectivity index (χ3v) is 10.6. The Hall–Kier alpha value is -6.24. The molecular formula is C51H62N2O10. The van der Waals surface area contributed by atoms with Crippen molar-refractivity contribution in [3.05, 3.63) is 131 Å². The first-order valence-electron chi connectivity index (χ1n) is 21.7. The Bertz CT molecular complexity index is 1930. The smallest absolute Gasteiger partial charge is 0.330 e. The zero-order valence-corrected chi connectivity index (χ0v) is 36.4. The van der Waals surface area contributed by atoms with Crippen molar-refractivity contribution in [2.24, 2.45) is 5.41 Å². The van der Waals surface area contributed by atoms with Gasteiger partial charge in [-0.25, -0.2) is 9.59 Å². The average Bonchev–Trinajstić information content (AvgIpc) is 3.28. The highest BCUT2D eigenvalue weighted by atomic mass is 16.5. The van der Waals surface area contributed by atoms with Gasteiger partial charge in [0.25, 0.3) is 0 Å². The van der Waals surface area contributed by atoms with E-state index in [4.69, 9.17) is 30.4 Å². The highest BCUT2D eigenvalue weighted by Gasteiger charge is 2.50. The van der Waals surface area contributed by atoms with E-state index in [0.29, 0.717) is 99.0 Å². The maximum absolute atomic E-state index is 14.0. The number of ketones is 2. The molecule has 2 atom stereocenters. The van der Waals surface area contributed by atoms with E-state index >= 15 is 0 Å². The van der Waals surface area contributed by atoms with Gasteiger partial charge in [0.05, 0.1) is 26.4 Å². The van der Waals surface area contributed by atoms with Crippen LogP contribution >= 0.6 is 0 Å². The number of Topliss-reactive ketones (excluding diaryl/α,β-unsaturated/α-hetero) is 2. The maximum Gasteiger partial charge on any atom is 0.330 e. The topological polar surface area (TPSA) is 198 Å². The molecule has 0 saturated carbocycles. The number of rotatable bonds is 28. The number of esters is 2. The SMILES string of the molecule is CCOC(=O)/C=C/c1ccc(OCCCCCC(=O)C(O)C(Cc2ccc(N)cc2)(Cc2ccc(N)cc2)C(O)C(=O)CCCCCOc2ccc(/C=C/C(=O)OCC)cc2)cc1. The lowest BCUT2D eigenvalue weighted by atomic mass is 9.65. The second-order valence-corrected chi connectivity index (χ2v) is 15.4. The monoisotopic (exact) mass is 862 g/mol. The van der Waals surface area contributed by atoms with Gasteiger partial charge in [-0.1, -0.05) is 48.5 Å². The summed E-state index contributed by atoms with van der Waals surface area (Å²) >= 11 is 0. The summed E-state index contributed by atoms with van der Waals surface area (Å²) < 4.78 is 21.6. The van der Waals surface area contributed by atoms with E-state index in [1.807, 2.05) is 48.5 Å². The molecule has 6 N–H and O–H groups in total. The molecule has 0 spiro atoms. The summed E-state index contributed by atoms with van der Waals surface area (Å²) in [6.07, 6.45) is 6.45. The van der Waals surface area contributed by atoms with Gasteiger partial charge < -0.3 is 40.6 Å². The number of aliphatic hydroxyl groups is 2. The molecule has 0 aliphatic heterocycles. The molecule has 0 aromatic heterocycles. The van der Waals surface area contributed by atoms with Crippen LogP contribution in [0.1, 0.15) is 87.5 Å². The highest BCUT2D eigenvalue weighted by molar-refractivity contribution is 5.89. The van der Waals surface area contributed by atoms with Gasteiger partial charge in [0.2, 0.25) is 0 Å². The van der Waals surface area contributed by atoms with Crippen LogP contribution in [0.2, 0.25) is 0 Å². The van der Waals surface area contributed by atoms with Gasteiger partial charge in [-0.05, 0) is 148 Å². The second kappa shape index (κ2) is 26.3. The van der Waals surface area contributed by atoms with Crippen molar-refractivity contribution >= 4 is 47.0 Å². The molecule has 4 aromatic rings. The number of nitrogens with two attached hydrogens (primary N) is 2. The number of aliphatic hydroxyl groups excluding tert-OH is 2. The van der Waals surface area contributed by atoms with Crippen molar-refractivity contribution in [2.45, 2.75) is 90.3 Å². The summed E-state index contributed by atoms with van der Waals surface area (Å²) in [5.74, 6) is -0.390. The zero-order valence-electron chi connectivity index (χ0n) is 36.4. The largest absolute Gasteiger partial charge is 0.494 e. The van der Waals surface area contributed by atoms with Crippen molar-refractivity contribution in [1.82, 2.24) is 0 Å². The summed E-state index contributed by atoms with van der Waals surface area (Å²) in [7, 11) is 0. The lowest BCUT2D eigenvalue weighted by molar-refractivity contribution is -0.152. The first-order valence-corrected chi connectivity index (χ1v) is 21.7. The van der Waals surface area contributed by atoms with E-state index in [-0.39, 0.29) is 25.7 Å². The predicted octanol–water partition coefficient (Wildman–Crippen LogP) is 7.91. The van der Waals surface area contributed by atoms with Gasteiger partial charge in [-0.2, -0.15) is 0 Å². The highest BCUT2D eigenvalue weighted by Crippen LogP contribution is 2.39. The second-order valence-electron chi connectivity index (χ2n) is 15.4. The lowest BCUT2D eigenvalue weighted by Crippen LogP contribution is -2.55. The predicted molar refractivity (Wildman–Crippen MR) is 246 cm³/mol. The van der Waals surface area contributed by atoms with Crippen LogP contribution in [0.25, 0.3) is 12.2 Å². The molecule has 12 nitrogen and oxygen atoms in total. The molecule has 63 heavy (non-hydrogen) atoms. The number of anilines is 2. The minimum atomic E-state index is -1.67. The minimum Gasteiger partial charge on any atom is -0.494 e. The number of unbranched alkanes of at least 4 members (excludes halogenated alkanes) is 4. The summed E-state index contributed by atoms with van der Waals surface area (Å²) in [6, 6.07) is 28.6. The van der Waals surface area contributed by atoms with Gasteiger partial charge in [0.1, 0.15) is 23.7 Å². The maximum atomic E-state index is 14.0. The number of hydrogen-bond donors (Lipinski definition) is 4. The van der Waals surface area contributed by atoms with Crippen LogP contribution in [0.4, 0.5) is 11.4 Å². The average molecular weight is 863 g/mol. The minimum absolute atomic E-state index is 0.0357. The van der Waals surface area contributed by atoms with Crippen LogP contribution in [0, 0.1) is 5.41 Å². The number of nitrogen functional groups attached to an aromatic ring is 2. The van der Waals surface area contributed by atoms with Gasteiger partial charge in [-0.3, -0.25) is 9.59 Å². The van der Waals surface area contributed by atoms with E-state index in [1.165, 1.54) is 12.2 Å². The number of hydrogen-bond acceptors (Lipinski definition) is 12. The number of carbonyl (C=O) groups is 4. The third-order valence-electron chi connectivity index (χ3n) is 10.6. The van der Waals surface area contributed by atoms with E-state index in [2.05, 4.69) is 0 Å². The van der Waals surface area contributed by atoms with E-state index in [1.54, 1.807) is 74.5 Å². The Balaban J connectivity index is 1.37. The van der Waals surface area contributed by atoms with Crippen LogP contribution in [0.3, 0.4) is 0 Å². The van der Waals surface area contributed by atoms with Crippen LogP contribution in [0.15, 0.2) is 109 Å². The van der Waals surface area contributed by atoms with Gasteiger partial charge in [0.15, 0.2) is 11.6 Å². The molecule has 4 rings (SSSR count). The van der Waals surface area contributed by atoms with E-state index in [0.717, 1.165) is 11.1 Å². The molecule has 4 aromatic carbocycles. The molecule has 0 aliphatic rings. The molecule has 0 heterocycles. The summed E-state index contributed by atoms with van der Waals surface area (Å²) in [6.45, 7) is 4.95. The Morgan fingerprint density at radius 2 is 0.905 bits per heavy atom. The molecule has 0 amide bonds. The number of carbonyl (C=O) groups excluding carboxylic acids is 4. The Morgan fingerprint density at radius 3 is 1.25 bits per heavy atom. The first kappa shape index (κ1) is 49.4. The molecule has 0 bridgehead atoms. The Morgan fingerprint density at radius 1 is 0.540 bits per heavy atom. The van der Waals surface area contributed by atoms with Crippen LogP contribution in [-0.4, -0.2) is 72.4 Å². The first-order chi connectivity index (χ1) is 30.4. The quantitative estimate of drug-likeness (QED) is 0.0187. The number of ether oxygens (including phenoxy) is 4. The van der Waals surface area contributed by atoms with E-state index < -0.39 is 41.1 Å². The fraction of sp³-hybridized carbons (Fsp3) is 0.373. The third kappa shape index (κ3) is 16.9. The van der Waals surface area contributed by atoms with Crippen molar-refractivity contribution in [3.63, 3.8) is 0 Å². The van der Waals surface area contributed by atoms with Crippen LogP contribution in [-0.2, 0) is 41.5 Å². The van der Waals surface area contributed by atoms with Crippen LogP contribution in [0.5, 0.6) is 11.5 Å². The number of benzene rings is 4. The summed E-state index contributed by atoms with van der Waals surface area (Å²) in [5, 5.41) is 24.2. The normalized spacial score (nSPS) is 12.5. The Labute approximate surface area is 370 Å². The van der Waals surface area contributed by atoms with Crippen molar-refractivity contribution in [1.29, 1.82) is 0 Å². The molecule has 12 heteroatoms. The molecular weight excluding hydrogens is 801 g/mol.